The largest absolute Gasteiger partial charge is 0.352 e. The number of benzene rings is 1. The van der Waals surface area contributed by atoms with E-state index >= 15 is 0 Å². The summed E-state index contributed by atoms with van der Waals surface area (Å²) in [5, 5.41) is 17.6. The lowest BCUT2D eigenvalue weighted by atomic mass is 10.2. The van der Waals surface area contributed by atoms with E-state index in [0.29, 0.717) is 22.1 Å². The summed E-state index contributed by atoms with van der Waals surface area (Å²) in [6, 6.07) is 4.24. The number of nitrogens with one attached hydrogen (secondary N) is 1. The fraction of sp³-hybridized carbons (Fsp3) is 0.231. The van der Waals surface area contributed by atoms with E-state index in [1.807, 2.05) is 35.8 Å². The molecule has 0 spiro atoms. The number of hydrogen-bond acceptors (Lipinski definition) is 4. The van der Waals surface area contributed by atoms with Crippen LogP contribution in [0.25, 0.3) is 0 Å². The van der Waals surface area contributed by atoms with Crippen molar-refractivity contribution >= 4 is 34.2 Å². The Bertz CT molecular complexity index is 684. The molecule has 0 saturated carbocycles. The van der Waals surface area contributed by atoms with Crippen LogP contribution in [0.15, 0.2) is 30.6 Å². The molecule has 0 radical (unpaired) electrons. The Morgan fingerprint density at radius 3 is 2.90 bits per heavy atom. The molecule has 7 nitrogen and oxygen atoms in total. The number of carbonyl (C=O) groups is 1. The average Bonchev–Trinajstić information content (AvgIpc) is 2.84. The third kappa shape index (κ3) is 4.00. The van der Waals surface area contributed by atoms with Gasteiger partial charge in [0.25, 0.3) is 11.6 Å². The number of aryl methyl sites for hydroxylation is 1. The highest BCUT2D eigenvalue weighted by Gasteiger charge is 2.15. The van der Waals surface area contributed by atoms with Gasteiger partial charge < -0.3 is 5.32 Å². The molecule has 0 aliphatic rings. The fourth-order valence-corrected chi connectivity index (χ4v) is 2.40. The second-order valence-corrected chi connectivity index (χ2v) is 5.61. The van der Waals surface area contributed by atoms with Crippen molar-refractivity contribution in [2.24, 2.45) is 7.05 Å². The van der Waals surface area contributed by atoms with E-state index < -0.39 is 4.92 Å². The van der Waals surface area contributed by atoms with Crippen molar-refractivity contribution in [2.45, 2.75) is 6.42 Å². The zero-order valence-electron chi connectivity index (χ0n) is 11.2. The zero-order valence-corrected chi connectivity index (χ0v) is 13.4. The predicted molar refractivity (Wildman–Crippen MR) is 85.1 cm³/mol. The molecule has 1 aromatic carbocycles. The van der Waals surface area contributed by atoms with Gasteiger partial charge in [-0.05, 0) is 40.6 Å². The highest BCUT2D eigenvalue weighted by Crippen LogP contribution is 2.19. The summed E-state index contributed by atoms with van der Waals surface area (Å²) in [4.78, 5) is 22.3. The number of hydrogen-bond donors (Lipinski definition) is 1. The van der Waals surface area contributed by atoms with Gasteiger partial charge in [0, 0.05) is 35.5 Å². The molecule has 0 aliphatic heterocycles. The summed E-state index contributed by atoms with van der Waals surface area (Å²) in [5.74, 6) is -0.313. The smallest absolute Gasteiger partial charge is 0.270 e. The van der Waals surface area contributed by atoms with Gasteiger partial charge in [0.1, 0.15) is 0 Å². The van der Waals surface area contributed by atoms with Crippen LogP contribution >= 0.6 is 22.6 Å². The summed E-state index contributed by atoms with van der Waals surface area (Å²) < 4.78 is 2.37. The van der Waals surface area contributed by atoms with Gasteiger partial charge >= 0.3 is 0 Å². The predicted octanol–water partition coefficient (Wildman–Crippen LogP) is 1.91. The molecule has 21 heavy (non-hydrogen) atoms. The topological polar surface area (TPSA) is 90.1 Å². The minimum absolute atomic E-state index is 0.0900. The molecule has 2 aromatic rings. The van der Waals surface area contributed by atoms with Crippen molar-refractivity contribution < 1.29 is 9.72 Å². The number of non-ortho nitro benzene ring substituents is 1. The molecule has 2 rings (SSSR count). The second kappa shape index (κ2) is 6.66. The van der Waals surface area contributed by atoms with Crippen LogP contribution in [0.1, 0.15) is 15.9 Å². The maximum atomic E-state index is 12.1. The first-order valence-corrected chi connectivity index (χ1v) is 7.25. The molecule has 1 amide bonds. The number of rotatable bonds is 5. The lowest BCUT2D eigenvalue weighted by Gasteiger charge is -2.06. The van der Waals surface area contributed by atoms with Crippen LogP contribution in [0.3, 0.4) is 0 Å². The van der Waals surface area contributed by atoms with E-state index in [1.54, 1.807) is 16.9 Å². The summed E-state index contributed by atoms with van der Waals surface area (Å²) in [6.07, 6.45) is 4.28. The lowest BCUT2D eigenvalue weighted by Crippen LogP contribution is -2.26. The second-order valence-electron chi connectivity index (χ2n) is 4.45. The van der Waals surface area contributed by atoms with Crippen LogP contribution in [0.4, 0.5) is 5.69 Å². The number of nitro benzene ring substituents is 1. The van der Waals surface area contributed by atoms with Gasteiger partial charge in [0.05, 0.1) is 16.7 Å². The number of carbonyl (C=O) groups excluding carboxylic acids is 1. The van der Waals surface area contributed by atoms with E-state index in [9.17, 15) is 14.9 Å². The Hall–Kier alpha value is -1.97. The van der Waals surface area contributed by atoms with Gasteiger partial charge in [-0.1, -0.05) is 0 Å². The first kappa shape index (κ1) is 15.4. The SMILES string of the molecule is Cn1cc(CCNC(=O)c2cc([N+](=O)[O-])ccc2I)cn1. The van der Waals surface area contributed by atoms with Crippen LogP contribution in [0.5, 0.6) is 0 Å². The molecular formula is C13H13IN4O3. The summed E-state index contributed by atoms with van der Waals surface area (Å²) in [7, 11) is 1.83. The Kier molecular flexibility index (Phi) is 4.89. The van der Waals surface area contributed by atoms with Gasteiger partial charge in [-0.15, -0.1) is 0 Å². The molecule has 0 fully saturated rings. The van der Waals surface area contributed by atoms with E-state index in [-0.39, 0.29) is 11.6 Å². The van der Waals surface area contributed by atoms with Crippen LogP contribution < -0.4 is 5.32 Å². The molecule has 8 heteroatoms. The molecule has 0 bridgehead atoms. The molecule has 0 aliphatic carbocycles. The van der Waals surface area contributed by atoms with Crippen molar-refractivity contribution in [3.63, 3.8) is 0 Å². The number of nitro groups is 1. The van der Waals surface area contributed by atoms with Gasteiger partial charge in [0.15, 0.2) is 0 Å². The Balaban J connectivity index is 1.99. The van der Waals surface area contributed by atoms with Gasteiger partial charge in [-0.2, -0.15) is 5.10 Å². The Morgan fingerprint density at radius 1 is 1.52 bits per heavy atom. The van der Waals surface area contributed by atoms with Crippen LogP contribution in [0, 0.1) is 13.7 Å². The van der Waals surface area contributed by atoms with Crippen LogP contribution in [-0.4, -0.2) is 27.2 Å². The molecule has 1 heterocycles. The van der Waals surface area contributed by atoms with E-state index in [2.05, 4.69) is 10.4 Å². The van der Waals surface area contributed by atoms with Crippen molar-refractivity contribution in [3.05, 3.63) is 55.4 Å². The van der Waals surface area contributed by atoms with Crippen LogP contribution in [0.2, 0.25) is 0 Å². The maximum absolute atomic E-state index is 12.1. The van der Waals surface area contributed by atoms with Crippen molar-refractivity contribution in [1.29, 1.82) is 0 Å². The third-order valence-corrected chi connectivity index (χ3v) is 3.80. The summed E-state index contributed by atoms with van der Waals surface area (Å²) in [6.45, 7) is 0.448. The fourth-order valence-electron chi connectivity index (χ4n) is 1.82. The van der Waals surface area contributed by atoms with Gasteiger partial charge in [-0.3, -0.25) is 19.6 Å². The average molecular weight is 400 g/mol. The molecular weight excluding hydrogens is 387 g/mol. The molecule has 110 valence electrons. The van der Waals surface area contributed by atoms with Gasteiger partial charge in [-0.25, -0.2) is 0 Å². The van der Waals surface area contributed by atoms with Gasteiger partial charge in [0.2, 0.25) is 0 Å². The van der Waals surface area contributed by atoms with E-state index in [1.165, 1.54) is 12.1 Å². The minimum atomic E-state index is -0.511. The van der Waals surface area contributed by atoms with E-state index in [4.69, 9.17) is 0 Å². The Morgan fingerprint density at radius 2 is 2.29 bits per heavy atom. The normalized spacial score (nSPS) is 10.4. The van der Waals surface area contributed by atoms with Crippen molar-refractivity contribution in [2.75, 3.05) is 6.54 Å². The number of nitrogens with zero attached hydrogens (tertiary/aromatic N) is 3. The monoisotopic (exact) mass is 400 g/mol. The number of halogens is 1. The summed E-state index contributed by atoms with van der Waals surface area (Å²) >= 11 is 1.99. The highest BCUT2D eigenvalue weighted by molar-refractivity contribution is 14.1. The third-order valence-electron chi connectivity index (χ3n) is 2.86. The summed E-state index contributed by atoms with van der Waals surface area (Å²) in [5.41, 5.74) is 1.25. The quantitative estimate of drug-likeness (QED) is 0.472. The molecule has 1 N–H and O–H groups in total. The maximum Gasteiger partial charge on any atom is 0.270 e. The number of aromatic nitrogens is 2. The van der Waals surface area contributed by atoms with Crippen LogP contribution in [-0.2, 0) is 13.5 Å². The standard InChI is InChI=1S/C13H13IN4O3/c1-17-8-9(7-16-17)4-5-15-13(19)11-6-10(18(20)21)2-3-12(11)14/h2-3,6-8H,4-5H2,1H3,(H,15,19). The first-order chi connectivity index (χ1) is 9.97. The molecule has 0 saturated heterocycles. The van der Waals surface area contributed by atoms with E-state index in [0.717, 1.165) is 5.56 Å². The minimum Gasteiger partial charge on any atom is -0.352 e. The Labute approximate surface area is 134 Å². The number of amides is 1. The zero-order chi connectivity index (χ0) is 15.4. The molecule has 0 atom stereocenters. The first-order valence-electron chi connectivity index (χ1n) is 6.17. The highest BCUT2D eigenvalue weighted by atomic mass is 127. The van der Waals surface area contributed by atoms with Crippen molar-refractivity contribution in [1.82, 2.24) is 15.1 Å². The lowest BCUT2D eigenvalue weighted by molar-refractivity contribution is -0.384. The molecule has 1 aromatic heterocycles. The van der Waals surface area contributed by atoms with Crippen molar-refractivity contribution in [3.8, 4) is 0 Å². The molecule has 0 unspecified atom stereocenters.